The number of hydrogen-bond acceptors (Lipinski definition) is 4. The predicted octanol–water partition coefficient (Wildman–Crippen LogP) is 1.81. The number of carbonyl (C=O) groups is 1. The molecule has 1 atom stereocenters. The molecule has 1 aromatic carbocycles. The summed E-state index contributed by atoms with van der Waals surface area (Å²) >= 11 is 3.18. The van der Waals surface area contributed by atoms with Gasteiger partial charge in [0, 0.05) is 11.6 Å². The highest BCUT2D eigenvalue weighted by molar-refractivity contribution is 9.10. The van der Waals surface area contributed by atoms with E-state index in [2.05, 4.69) is 21.2 Å². The van der Waals surface area contributed by atoms with Crippen LogP contribution >= 0.6 is 15.9 Å². The van der Waals surface area contributed by atoms with E-state index in [0.717, 1.165) is 0 Å². The van der Waals surface area contributed by atoms with Crippen molar-refractivity contribution in [1.29, 1.82) is 5.26 Å². The molecule has 1 rings (SSSR count). The number of aromatic hydroxyl groups is 1. The first-order valence-electron chi connectivity index (χ1n) is 5.13. The van der Waals surface area contributed by atoms with Gasteiger partial charge in [-0.25, -0.2) is 0 Å². The SMILES string of the molecule is COCC(C)(C#N)NC(=O)c1ccc(Br)cc1O. The van der Waals surface area contributed by atoms with Crippen LogP contribution in [0, 0.1) is 11.3 Å². The van der Waals surface area contributed by atoms with Gasteiger partial charge in [0.1, 0.15) is 11.3 Å². The Kier molecular flexibility index (Phi) is 4.70. The molecule has 0 aliphatic rings. The number of halogens is 1. The molecule has 0 spiro atoms. The molecule has 2 N–H and O–H groups in total. The van der Waals surface area contributed by atoms with Crippen LogP contribution in [0.5, 0.6) is 5.75 Å². The standard InChI is InChI=1S/C12H13BrN2O3/c1-12(6-14,7-18-2)15-11(17)9-4-3-8(13)5-10(9)16/h3-5,16H,7H2,1-2H3,(H,15,17). The third-order valence-electron chi connectivity index (χ3n) is 2.27. The Balaban J connectivity index is 2.92. The fourth-order valence-corrected chi connectivity index (χ4v) is 1.75. The molecule has 5 nitrogen and oxygen atoms in total. The van der Waals surface area contributed by atoms with E-state index < -0.39 is 11.4 Å². The van der Waals surface area contributed by atoms with Crippen LogP contribution in [0.1, 0.15) is 17.3 Å². The van der Waals surface area contributed by atoms with Crippen LogP contribution in [-0.2, 0) is 4.74 Å². The molecule has 0 aliphatic carbocycles. The first-order valence-corrected chi connectivity index (χ1v) is 5.92. The molecule has 0 radical (unpaired) electrons. The quantitative estimate of drug-likeness (QED) is 0.888. The molecule has 0 aromatic heterocycles. The highest BCUT2D eigenvalue weighted by Crippen LogP contribution is 2.22. The first kappa shape index (κ1) is 14.5. The number of phenolic OH excluding ortho intramolecular Hbond substituents is 1. The lowest BCUT2D eigenvalue weighted by Crippen LogP contribution is -2.48. The van der Waals surface area contributed by atoms with Gasteiger partial charge in [-0.1, -0.05) is 15.9 Å². The van der Waals surface area contributed by atoms with Gasteiger partial charge in [0.25, 0.3) is 5.91 Å². The number of rotatable bonds is 4. The summed E-state index contributed by atoms with van der Waals surface area (Å²) in [5.74, 6) is -0.680. The van der Waals surface area contributed by atoms with Crippen molar-refractivity contribution in [3.8, 4) is 11.8 Å². The monoisotopic (exact) mass is 312 g/mol. The van der Waals surface area contributed by atoms with Crippen molar-refractivity contribution in [1.82, 2.24) is 5.32 Å². The maximum atomic E-state index is 11.9. The Hall–Kier alpha value is -1.58. The summed E-state index contributed by atoms with van der Waals surface area (Å²) in [6, 6.07) is 6.48. The normalized spacial score (nSPS) is 13.4. The molecule has 0 aliphatic heterocycles. The second-order valence-corrected chi connectivity index (χ2v) is 4.91. The Labute approximate surface area is 114 Å². The third-order valence-corrected chi connectivity index (χ3v) is 2.77. The van der Waals surface area contributed by atoms with Crippen molar-refractivity contribution in [3.63, 3.8) is 0 Å². The van der Waals surface area contributed by atoms with Crippen molar-refractivity contribution in [3.05, 3.63) is 28.2 Å². The average molecular weight is 313 g/mol. The van der Waals surface area contributed by atoms with Crippen LogP contribution in [0.25, 0.3) is 0 Å². The van der Waals surface area contributed by atoms with Crippen LogP contribution in [0.3, 0.4) is 0 Å². The summed E-state index contributed by atoms with van der Waals surface area (Å²) < 4.78 is 5.54. The molecule has 0 saturated carbocycles. The molecule has 6 heteroatoms. The zero-order chi connectivity index (χ0) is 13.8. The number of phenols is 1. The lowest BCUT2D eigenvalue weighted by atomic mass is 10.0. The van der Waals surface area contributed by atoms with Crippen molar-refractivity contribution in [2.24, 2.45) is 0 Å². The van der Waals surface area contributed by atoms with Crippen LogP contribution in [0.2, 0.25) is 0 Å². The van der Waals surface area contributed by atoms with Crippen LogP contribution in [0.15, 0.2) is 22.7 Å². The molecule has 1 unspecified atom stereocenters. The average Bonchev–Trinajstić information content (AvgIpc) is 2.28. The number of amides is 1. The van der Waals surface area contributed by atoms with Crippen molar-refractivity contribution < 1.29 is 14.6 Å². The van der Waals surface area contributed by atoms with E-state index in [0.29, 0.717) is 4.47 Å². The van der Waals surface area contributed by atoms with E-state index in [1.54, 1.807) is 13.0 Å². The number of hydrogen-bond donors (Lipinski definition) is 2. The Bertz CT molecular complexity index is 499. The number of nitriles is 1. The summed E-state index contributed by atoms with van der Waals surface area (Å²) in [7, 11) is 1.44. The van der Waals surface area contributed by atoms with Crippen molar-refractivity contribution in [2.75, 3.05) is 13.7 Å². The maximum absolute atomic E-state index is 11.9. The van der Waals surface area contributed by atoms with E-state index in [-0.39, 0.29) is 17.9 Å². The Morgan fingerprint density at radius 2 is 2.33 bits per heavy atom. The zero-order valence-corrected chi connectivity index (χ0v) is 11.6. The van der Waals surface area contributed by atoms with Gasteiger partial charge in [0.05, 0.1) is 18.2 Å². The van der Waals surface area contributed by atoms with E-state index in [1.165, 1.54) is 19.2 Å². The number of nitrogens with zero attached hydrogens (tertiary/aromatic N) is 1. The lowest BCUT2D eigenvalue weighted by molar-refractivity contribution is 0.0857. The fraction of sp³-hybridized carbons (Fsp3) is 0.333. The number of ether oxygens (including phenoxy) is 1. The highest BCUT2D eigenvalue weighted by Gasteiger charge is 2.27. The molecular formula is C12H13BrN2O3. The summed E-state index contributed by atoms with van der Waals surface area (Å²) in [4.78, 5) is 11.9. The molecule has 0 heterocycles. The van der Waals surface area contributed by atoms with Gasteiger partial charge in [-0.3, -0.25) is 4.79 Å². The Morgan fingerprint density at radius 3 is 2.83 bits per heavy atom. The lowest BCUT2D eigenvalue weighted by Gasteiger charge is -2.22. The minimum Gasteiger partial charge on any atom is -0.507 e. The minimum absolute atomic E-state index is 0.0620. The molecule has 1 amide bonds. The Morgan fingerprint density at radius 1 is 1.67 bits per heavy atom. The smallest absolute Gasteiger partial charge is 0.256 e. The largest absolute Gasteiger partial charge is 0.507 e. The number of carbonyl (C=O) groups excluding carboxylic acids is 1. The van der Waals surface area contributed by atoms with Crippen LogP contribution in [-0.4, -0.2) is 30.3 Å². The molecule has 0 saturated heterocycles. The fourth-order valence-electron chi connectivity index (χ4n) is 1.40. The van der Waals surface area contributed by atoms with Gasteiger partial charge in [-0.15, -0.1) is 0 Å². The van der Waals surface area contributed by atoms with Gasteiger partial charge in [0.2, 0.25) is 0 Å². The molecule has 96 valence electrons. The predicted molar refractivity (Wildman–Crippen MR) is 69.2 cm³/mol. The van der Waals surface area contributed by atoms with Crippen molar-refractivity contribution in [2.45, 2.75) is 12.5 Å². The molecule has 0 bridgehead atoms. The molecule has 0 fully saturated rings. The highest BCUT2D eigenvalue weighted by atomic mass is 79.9. The minimum atomic E-state index is -1.13. The van der Waals surface area contributed by atoms with Gasteiger partial charge in [-0.05, 0) is 25.1 Å². The number of nitrogens with one attached hydrogen (secondary N) is 1. The third kappa shape index (κ3) is 3.45. The molecule has 18 heavy (non-hydrogen) atoms. The summed E-state index contributed by atoms with van der Waals surface area (Å²) in [6.07, 6.45) is 0. The van der Waals surface area contributed by atoms with E-state index in [9.17, 15) is 9.90 Å². The second kappa shape index (κ2) is 5.85. The van der Waals surface area contributed by atoms with Crippen LogP contribution < -0.4 is 5.32 Å². The van der Waals surface area contributed by atoms with E-state index in [1.807, 2.05) is 6.07 Å². The zero-order valence-electron chi connectivity index (χ0n) is 10.0. The summed E-state index contributed by atoms with van der Waals surface area (Å²) in [6.45, 7) is 1.61. The maximum Gasteiger partial charge on any atom is 0.256 e. The van der Waals surface area contributed by atoms with Crippen LogP contribution in [0.4, 0.5) is 0 Å². The second-order valence-electron chi connectivity index (χ2n) is 3.99. The van der Waals surface area contributed by atoms with Gasteiger partial charge >= 0.3 is 0 Å². The number of methoxy groups -OCH3 is 1. The van der Waals surface area contributed by atoms with E-state index >= 15 is 0 Å². The van der Waals surface area contributed by atoms with E-state index in [4.69, 9.17) is 10.00 Å². The summed E-state index contributed by atoms with van der Waals surface area (Å²) in [5, 5.41) is 21.2. The van der Waals surface area contributed by atoms with Gasteiger partial charge < -0.3 is 15.2 Å². The number of benzene rings is 1. The van der Waals surface area contributed by atoms with Crippen molar-refractivity contribution >= 4 is 21.8 Å². The topological polar surface area (TPSA) is 82.3 Å². The first-order chi connectivity index (χ1) is 8.41. The molecular weight excluding hydrogens is 300 g/mol. The molecule has 1 aromatic rings. The van der Waals surface area contributed by atoms with Gasteiger partial charge in [-0.2, -0.15) is 5.26 Å². The van der Waals surface area contributed by atoms with Gasteiger partial charge in [0.15, 0.2) is 0 Å². The summed E-state index contributed by atoms with van der Waals surface area (Å²) in [5.41, 5.74) is -1.03.